The molecule has 3 heteroatoms. The van der Waals surface area contributed by atoms with Gasteiger partial charge in [0.25, 0.3) is 0 Å². The maximum absolute atomic E-state index is 4.38. The van der Waals surface area contributed by atoms with Crippen molar-refractivity contribution < 1.29 is 0 Å². The highest BCUT2D eigenvalue weighted by atomic mass is 15.2. The average Bonchev–Trinajstić information content (AvgIpc) is 2.64. The number of anilines is 1. The molecule has 0 fully saturated rings. The zero-order valence-electron chi connectivity index (χ0n) is 12.1. The van der Waals surface area contributed by atoms with Crippen LogP contribution in [0.15, 0.2) is 12.4 Å². The third-order valence-corrected chi connectivity index (χ3v) is 3.43. The van der Waals surface area contributed by atoms with Gasteiger partial charge in [0.1, 0.15) is 0 Å². The van der Waals surface area contributed by atoms with E-state index in [9.17, 15) is 0 Å². The minimum Gasteiger partial charge on any atom is -0.355 e. The van der Waals surface area contributed by atoms with Crippen LogP contribution < -0.4 is 5.32 Å². The van der Waals surface area contributed by atoms with Crippen LogP contribution in [0, 0.1) is 17.8 Å². The lowest BCUT2D eigenvalue weighted by atomic mass is 9.85. The van der Waals surface area contributed by atoms with Gasteiger partial charge in [0.2, 0.25) is 5.95 Å². The van der Waals surface area contributed by atoms with Crippen molar-refractivity contribution in [3.05, 3.63) is 12.4 Å². The summed E-state index contributed by atoms with van der Waals surface area (Å²) >= 11 is 0. The van der Waals surface area contributed by atoms with Crippen LogP contribution in [0.5, 0.6) is 0 Å². The van der Waals surface area contributed by atoms with Crippen LogP contribution in [0.3, 0.4) is 0 Å². The van der Waals surface area contributed by atoms with Crippen molar-refractivity contribution in [2.24, 2.45) is 17.8 Å². The molecule has 0 bridgehead atoms. The molecule has 0 unspecified atom stereocenters. The summed E-state index contributed by atoms with van der Waals surface area (Å²) in [5.74, 6) is 3.08. The number of nitrogens with zero attached hydrogens (tertiary/aromatic N) is 2. The molecule has 0 atom stereocenters. The highest BCUT2D eigenvalue weighted by Gasteiger charge is 2.18. The number of hydrogen-bond donors (Lipinski definition) is 1. The van der Waals surface area contributed by atoms with Crippen LogP contribution in [-0.4, -0.2) is 16.1 Å². The van der Waals surface area contributed by atoms with E-state index in [2.05, 4.69) is 56.4 Å². The summed E-state index contributed by atoms with van der Waals surface area (Å²) in [6.07, 6.45) is 3.90. The molecule has 1 aromatic rings. The molecule has 0 aliphatic carbocycles. The first kappa shape index (κ1) is 14.1. The fourth-order valence-electron chi connectivity index (χ4n) is 2.32. The molecular formula is C14H27N3. The third-order valence-electron chi connectivity index (χ3n) is 3.43. The minimum atomic E-state index is 0.455. The summed E-state index contributed by atoms with van der Waals surface area (Å²) in [6, 6.07) is 0.455. The first-order valence-corrected chi connectivity index (χ1v) is 6.70. The Morgan fingerprint density at radius 1 is 1.12 bits per heavy atom. The quantitative estimate of drug-likeness (QED) is 0.815. The van der Waals surface area contributed by atoms with E-state index in [4.69, 9.17) is 0 Å². The van der Waals surface area contributed by atoms with E-state index in [0.717, 1.165) is 12.5 Å². The molecule has 0 aromatic carbocycles. The van der Waals surface area contributed by atoms with Gasteiger partial charge in [0.15, 0.2) is 0 Å². The Kier molecular flexibility index (Phi) is 5.03. The highest BCUT2D eigenvalue weighted by molar-refractivity contribution is 5.26. The topological polar surface area (TPSA) is 29.9 Å². The van der Waals surface area contributed by atoms with Crippen molar-refractivity contribution in [1.29, 1.82) is 0 Å². The number of nitrogens with one attached hydrogen (secondary N) is 1. The minimum absolute atomic E-state index is 0.455. The van der Waals surface area contributed by atoms with Crippen molar-refractivity contribution in [2.75, 3.05) is 11.9 Å². The summed E-state index contributed by atoms with van der Waals surface area (Å²) in [4.78, 5) is 4.38. The molecule has 1 rings (SSSR count). The summed E-state index contributed by atoms with van der Waals surface area (Å²) in [6.45, 7) is 14.5. The Morgan fingerprint density at radius 3 is 2.18 bits per heavy atom. The summed E-state index contributed by atoms with van der Waals surface area (Å²) in [7, 11) is 0. The van der Waals surface area contributed by atoms with Crippen molar-refractivity contribution in [1.82, 2.24) is 9.55 Å². The normalized spacial score (nSPS) is 12.1. The van der Waals surface area contributed by atoms with Crippen LogP contribution in [0.1, 0.15) is 47.6 Å². The second-order valence-corrected chi connectivity index (χ2v) is 5.78. The first-order valence-electron chi connectivity index (χ1n) is 6.70. The maximum Gasteiger partial charge on any atom is 0.203 e. The molecule has 0 radical (unpaired) electrons. The van der Waals surface area contributed by atoms with Gasteiger partial charge in [-0.05, 0) is 31.6 Å². The molecule has 0 aliphatic heterocycles. The standard InChI is InChI=1S/C14H27N3/c1-10(2)13(11(3)4)9-16-14-15-7-8-17(14)12(5)6/h7-8,10-13H,9H2,1-6H3,(H,15,16). The molecule has 98 valence electrons. The van der Waals surface area contributed by atoms with Gasteiger partial charge in [0, 0.05) is 25.0 Å². The van der Waals surface area contributed by atoms with E-state index in [1.54, 1.807) is 0 Å². The molecule has 1 heterocycles. The van der Waals surface area contributed by atoms with Gasteiger partial charge >= 0.3 is 0 Å². The van der Waals surface area contributed by atoms with Crippen LogP contribution in [0.2, 0.25) is 0 Å². The zero-order chi connectivity index (χ0) is 13.0. The van der Waals surface area contributed by atoms with Crippen LogP contribution in [0.4, 0.5) is 5.95 Å². The predicted molar refractivity (Wildman–Crippen MR) is 74.3 cm³/mol. The molecule has 0 saturated carbocycles. The molecule has 0 aliphatic rings. The smallest absolute Gasteiger partial charge is 0.203 e. The second kappa shape index (κ2) is 6.08. The van der Waals surface area contributed by atoms with Crippen LogP contribution in [-0.2, 0) is 0 Å². The lowest BCUT2D eigenvalue weighted by Crippen LogP contribution is -2.25. The van der Waals surface area contributed by atoms with Crippen LogP contribution in [0.25, 0.3) is 0 Å². The van der Waals surface area contributed by atoms with Crippen molar-refractivity contribution in [3.63, 3.8) is 0 Å². The first-order chi connectivity index (χ1) is 7.93. The fraction of sp³-hybridized carbons (Fsp3) is 0.786. The Bertz CT molecular complexity index is 318. The number of rotatable bonds is 6. The van der Waals surface area contributed by atoms with Crippen molar-refractivity contribution >= 4 is 5.95 Å². The number of imidazole rings is 1. The average molecular weight is 237 g/mol. The number of hydrogen-bond acceptors (Lipinski definition) is 2. The highest BCUT2D eigenvalue weighted by Crippen LogP contribution is 2.21. The van der Waals surface area contributed by atoms with Gasteiger partial charge in [-0.2, -0.15) is 0 Å². The Morgan fingerprint density at radius 2 is 1.71 bits per heavy atom. The molecule has 0 spiro atoms. The molecule has 17 heavy (non-hydrogen) atoms. The van der Waals surface area contributed by atoms with Gasteiger partial charge in [0.05, 0.1) is 0 Å². The molecular weight excluding hydrogens is 210 g/mol. The van der Waals surface area contributed by atoms with Gasteiger partial charge in [-0.3, -0.25) is 0 Å². The van der Waals surface area contributed by atoms with Gasteiger partial charge in [-0.15, -0.1) is 0 Å². The van der Waals surface area contributed by atoms with E-state index in [1.807, 2.05) is 12.4 Å². The lowest BCUT2D eigenvalue weighted by molar-refractivity contribution is 0.303. The van der Waals surface area contributed by atoms with Crippen LogP contribution >= 0.6 is 0 Å². The lowest BCUT2D eigenvalue weighted by Gasteiger charge is -2.25. The Labute approximate surface area is 106 Å². The molecule has 1 aromatic heterocycles. The fourth-order valence-corrected chi connectivity index (χ4v) is 2.32. The van der Waals surface area contributed by atoms with E-state index >= 15 is 0 Å². The van der Waals surface area contributed by atoms with Gasteiger partial charge < -0.3 is 9.88 Å². The molecule has 0 saturated heterocycles. The van der Waals surface area contributed by atoms with E-state index < -0.39 is 0 Å². The molecule has 1 N–H and O–H groups in total. The van der Waals surface area contributed by atoms with E-state index in [0.29, 0.717) is 23.8 Å². The van der Waals surface area contributed by atoms with Crippen molar-refractivity contribution in [2.45, 2.75) is 47.6 Å². The van der Waals surface area contributed by atoms with E-state index in [-0.39, 0.29) is 0 Å². The third kappa shape index (κ3) is 3.76. The molecule has 3 nitrogen and oxygen atoms in total. The van der Waals surface area contributed by atoms with Gasteiger partial charge in [-0.1, -0.05) is 27.7 Å². The van der Waals surface area contributed by atoms with E-state index in [1.165, 1.54) is 0 Å². The van der Waals surface area contributed by atoms with Gasteiger partial charge in [-0.25, -0.2) is 4.98 Å². The summed E-state index contributed by atoms with van der Waals surface area (Å²) in [5.41, 5.74) is 0. The van der Waals surface area contributed by atoms with Crippen molar-refractivity contribution in [3.8, 4) is 0 Å². The predicted octanol–water partition coefficient (Wildman–Crippen LogP) is 3.80. The zero-order valence-corrected chi connectivity index (χ0v) is 12.1. The Balaban J connectivity index is 2.62. The number of aromatic nitrogens is 2. The summed E-state index contributed by atoms with van der Waals surface area (Å²) < 4.78 is 2.18. The maximum atomic E-state index is 4.38. The largest absolute Gasteiger partial charge is 0.355 e. The second-order valence-electron chi connectivity index (χ2n) is 5.78. The monoisotopic (exact) mass is 237 g/mol. The SMILES string of the molecule is CC(C)C(CNc1nccn1C(C)C)C(C)C. The summed E-state index contributed by atoms with van der Waals surface area (Å²) in [5, 5.41) is 3.49. The Hall–Kier alpha value is -0.990. The molecule has 0 amide bonds.